The van der Waals surface area contributed by atoms with Gasteiger partial charge in [0, 0.05) is 10.4 Å². The van der Waals surface area contributed by atoms with Crippen LogP contribution in [0.15, 0.2) is 16.6 Å². The molecule has 0 fully saturated rings. The van der Waals surface area contributed by atoms with Crippen LogP contribution >= 0.6 is 28.6 Å². The van der Waals surface area contributed by atoms with Gasteiger partial charge in [-0.1, -0.05) is 36.7 Å². The van der Waals surface area contributed by atoms with Gasteiger partial charge in [-0.2, -0.15) is 17.0 Å². The van der Waals surface area contributed by atoms with Gasteiger partial charge in [0.2, 0.25) is 5.82 Å². The smallest absolute Gasteiger partial charge is 0.200 e. The van der Waals surface area contributed by atoms with Crippen molar-refractivity contribution >= 4 is 28.6 Å². The molecule has 1 nitrogen and oxygen atoms in total. The molecule has 0 saturated heterocycles. The first-order valence-electron chi connectivity index (χ1n) is 5.64. The van der Waals surface area contributed by atoms with E-state index in [0.29, 0.717) is 16.8 Å². The highest BCUT2D eigenvalue weighted by Gasteiger charge is 2.24. The van der Waals surface area contributed by atoms with E-state index in [1.165, 1.54) is 6.07 Å². The molecular formula is C13H17BrF2OS. The molecular weight excluding hydrogens is 322 g/mol. The van der Waals surface area contributed by atoms with Crippen molar-refractivity contribution in [2.45, 2.75) is 20.8 Å². The second-order valence-corrected chi connectivity index (χ2v) is 6.54. The summed E-state index contributed by atoms with van der Waals surface area (Å²) >= 11 is 7.37. The fourth-order valence-electron chi connectivity index (χ4n) is 1.40. The van der Waals surface area contributed by atoms with Crippen molar-refractivity contribution in [2.75, 3.05) is 12.4 Å². The molecule has 0 aliphatic rings. The van der Waals surface area contributed by atoms with E-state index in [2.05, 4.69) is 49.3 Å². The molecule has 1 rings (SSSR count). The average Bonchev–Trinajstić information content (AvgIpc) is 2.23. The summed E-state index contributed by atoms with van der Waals surface area (Å²) in [5, 5.41) is 0. The SMILES string of the molecule is CC(C)(C)C(CS)COc1cc(Br)cc(F)c1F. The van der Waals surface area contributed by atoms with Gasteiger partial charge < -0.3 is 4.74 Å². The van der Waals surface area contributed by atoms with Crippen LogP contribution in [-0.2, 0) is 0 Å². The Morgan fingerprint density at radius 1 is 1.33 bits per heavy atom. The second kappa shape index (κ2) is 6.24. The van der Waals surface area contributed by atoms with Gasteiger partial charge >= 0.3 is 0 Å². The highest BCUT2D eigenvalue weighted by atomic mass is 79.9. The van der Waals surface area contributed by atoms with Crippen LogP contribution in [0.25, 0.3) is 0 Å². The Bertz CT molecular complexity index is 418. The molecule has 0 saturated carbocycles. The number of ether oxygens (including phenoxy) is 1. The maximum Gasteiger partial charge on any atom is 0.200 e. The monoisotopic (exact) mass is 338 g/mol. The summed E-state index contributed by atoms with van der Waals surface area (Å²) in [6.45, 7) is 6.50. The van der Waals surface area contributed by atoms with Crippen molar-refractivity contribution in [3.8, 4) is 5.75 Å². The third-order valence-electron chi connectivity index (χ3n) is 2.84. The summed E-state index contributed by atoms with van der Waals surface area (Å²) in [6.07, 6.45) is 0. The van der Waals surface area contributed by atoms with E-state index in [0.717, 1.165) is 6.07 Å². The minimum atomic E-state index is -0.954. The molecule has 0 aliphatic carbocycles. The summed E-state index contributed by atoms with van der Waals surface area (Å²) in [5.41, 5.74) is 0.00276. The van der Waals surface area contributed by atoms with E-state index in [1.807, 2.05) is 0 Å². The van der Waals surface area contributed by atoms with Crippen LogP contribution in [0.5, 0.6) is 5.75 Å². The van der Waals surface area contributed by atoms with Gasteiger partial charge in [0.1, 0.15) is 0 Å². The number of rotatable bonds is 4. The van der Waals surface area contributed by atoms with E-state index >= 15 is 0 Å². The summed E-state index contributed by atoms with van der Waals surface area (Å²) in [6, 6.07) is 2.50. The van der Waals surface area contributed by atoms with Crippen LogP contribution in [0.4, 0.5) is 8.78 Å². The van der Waals surface area contributed by atoms with E-state index in [1.54, 1.807) is 0 Å². The summed E-state index contributed by atoms with van der Waals surface area (Å²) in [7, 11) is 0. The van der Waals surface area contributed by atoms with Gasteiger partial charge in [-0.15, -0.1) is 0 Å². The number of halogens is 3. The van der Waals surface area contributed by atoms with Crippen LogP contribution in [0.3, 0.4) is 0 Å². The Balaban J connectivity index is 2.80. The number of hydrogen-bond acceptors (Lipinski definition) is 2. The van der Waals surface area contributed by atoms with Crippen molar-refractivity contribution in [2.24, 2.45) is 11.3 Å². The minimum Gasteiger partial charge on any atom is -0.490 e. The third kappa shape index (κ3) is 4.12. The molecule has 0 aromatic heterocycles. The van der Waals surface area contributed by atoms with Crippen LogP contribution < -0.4 is 4.74 Å². The van der Waals surface area contributed by atoms with Gasteiger partial charge in [0.05, 0.1) is 6.61 Å². The lowest BCUT2D eigenvalue weighted by atomic mass is 9.82. The zero-order chi connectivity index (χ0) is 13.9. The molecule has 0 radical (unpaired) electrons. The van der Waals surface area contributed by atoms with Crippen LogP contribution in [0, 0.1) is 23.0 Å². The second-order valence-electron chi connectivity index (χ2n) is 5.26. The van der Waals surface area contributed by atoms with Crippen molar-refractivity contribution in [1.82, 2.24) is 0 Å². The molecule has 1 atom stereocenters. The van der Waals surface area contributed by atoms with Crippen LogP contribution in [0.2, 0.25) is 0 Å². The number of thiol groups is 1. The van der Waals surface area contributed by atoms with Gasteiger partial charge in [0.15, 0.2) is 11.6 Å². The first kappa shape index (κ1) is 15.8. The Kier molecular flexibility index (Phi) is 5.46. The molecule has 1 aromatic carbocycles. The maximum absolute atomic E-state index is 13.5. The largest absolute Gasteiger partial charge is 0.490 e. The zero-order valence-corrected chi connectivity index (χ0v) is 13.1. The summed E-state index contributed by atoms with van der Waals surface area (Å²) in [4.78, 5) is 0. The summed E-state index contributed by atoms with van der Waals surface area (Å²) < 4.78 is 32.5. The van der Waals surface area contributed by atoms with Crippen molar-refractivity contribution < 1.29 is 13.5 Å². The topological polar surface area (TPSA) is 9.23 Å². The molecule has 1 unspecified atom stereocenters. The molecule has 5 heteroatoms. The van der Waals surface area contributed by atoms with E-state index in [4.69, 9.17) is 4.74 Å². The lowest BCUT2D eigenvalue weighted by molar-refractivity contribution is 0.160. The quantitative estimate of drug-likeness (QED) is 0.618. The predicted molar refractivity (Wildman–Crippen MR) is 76.4 cm³/mol. The summed E-state index contributed by atoms with van der Waals surface area (Å²) in [5.74, 6) is -1.16. The Labute approximate surface area is 120 Å². The Morgan fingerprint density at radius 2 is 1.94 bits per heavy atom. The first-order valence-corrected chi connectivity index (χ1v) is 7.06. The maximum atomic E-state index is 13.5. The van der Waals surface area contributed by atoms with Gasteiger partial charge in [0.25, 0.3) is 0 Å². The van der Waals surface area contributed by atoms with Crippen LogP contribution in [0.1, 0.15) is 20.8 Å². The molecule has 0 bridgehead atoms. The first-order chi connectivity index (χ1) is 8.25. The molecule has 0 N–H and O–H groups in total. The lowest BCUT2D eigenvalue weighted by Gasteiger charge is -2.29. The highest BCUT2D eigenvalue weighted by molar-refractivity contribution is 9.10. The third-order valence-corrected chi connectivity index (χ3v) is 3.74. The normalized spacial score (nSPS) is 13.5. The fraction of sp³-hybridized carbons (Fsp3) is 0.538. The van der Waals surface area contributed by atoms with E-state index < -0.39 is 11.6 Å². The van der Waals surface area contributed by atoms with Gasteiger partial charge in [-0.05, 0) is 23.3 Å². The molecule has 1 aromatic rings. The predicted octanol–water partition coefficient (Wildman–Crippen LogP) is 4.70. The molecule has 18 heavy (non-hydrogen) atoms. The van der Waals surface area contributed by atoms with E-state index in [-0.39, 0.29) is 17.1 Å². The number of hydrogen-bond donors (Lipinski definition) is 1. The van der Waals surface area contributed by atoms with Crippen molar-refractivity contribution in [1.29, 1.82) is 0 Å². The van der Waals surface area contributed by atoms with E-state index in [9.17, 15) is 8.78 Å². The van der Waals surface area contributed by atoms with Gasteiger partial charge in [-0.3, -0.25) is 0 Å². The highest BCUT2D eigenvalue weighted by Crippen LogP contribution is 2.30. The number of benzene rings is 1. The van der Waals surface area contributed by atoms with Crippen LogP contribution in [-0.4, -0.2) is 12.4 Å². The average molecular weight is 339 g/mol. The molecule has 0 amide bonds. The van der Waals surface area contributed by atoms with Gasteiger partial charge in [-0.25, -0.2) is 4.39 Å². The van der Waals surface area contributed by atoms with Crippen molar-refractivity contribution in [3.63, 3.8) is 0 Å². The molecule has 0 heterocycles. The Hall–Kier alpha value is -0.290. The fourth-order valence-corrected chi connectivity index (χ4v) is 2.47. The lowest BCUT2D eigenvalue weighted by Crippen LogP contribution is -2.28. The standard InChI is InChI=1S/C13H17BrF2OS/c1-13(2,3)8(7-18)6-17-11-5-9(14)4-10(15)12(11)16/h4-5,8,18H,6-7H2,1-3H3. The van der Waals surface area contributed by atoms with Crippen molar-refractivity contribution in [3.05, 3.63) is 28.2 Å². The molecule has 0 spiro atoms. The molecule has 0 aliphatic heterocycles. The Morgan fingerprint density at radius 3 is 2.44 bits per heavy atom. The molecule has 102 valence electrons. The zero-order valence-electron chi connectivity index (χ0n) is 10.6. The minimum absolute atomic E-state index is 0.00276.